The van der Waals surface area contributed by atoms with Crippen molar-refractivity contribution in [1.29, 1.82) is 0 Å². The van der Waals surface area contributed by atoms with Crippen LogP contribution in [0.4, 0.5) is 0 Å². The van der Waals surface area contributed by atoms with E-state index in [9.17, 15) is 0 Å². The molecule has 0 amide bonds. The van der Waals surface area contributed by atoms with E-state index in [0.29, 0.717) is 5.25 Å². The molecule has 0 rings (SSSR count). The minimum Gasteiger partial charge on any atom is -0.146 e. The van der Waals surface area contributed by atoms with Crippen LogP contribution in [0, 0.1) is 12.3 Å². The van der Waals surface area contributed by atoms with E-state index in [1.54, 1.807) is 0 Å². The van der Waals surface area contributed by atoms with E-state index in [1.807, 2.05) is 11.8 Å². The molecule has 0 bridgehead atoms. The summed E-state index contributed by atoms with van der Waals surface area (Å²) in [6.45, 7) is 4.32. The summed E-state index contributed by atoms with van der Waals surface area (Å²) >= 11 is 1.89. The molecule has 64 valence electrons. The summed E-state index contributed by atoms with van der Waals surface area (Å²) in [7, 11) is 0. The number of thioether (sulfide) groups is 1. The molecular weight excluding hydrogens is 152 g/mol. The first kappa shape index (κ1) is 10.9. The predicted molar refractivity (Wildman–Crippen MR) is 54.9 cm³/mol. The summed E-state index contributed by atoms with van der Waals surface area (Å²) in [6.07, 6.45) is 10.6. The van der Waals surface area contributed by atoms with Crippen molar-refractivity contribution >= 4 is 11.8 Å². The average molecular weight is 170 g/mol. The molecule has 11 heavy (non-hydrogen) atoms. The Hall–Kier alpha value is -0.0900. The van der Waals surface area contributed by atoms with Gasteiger partial charge in [-0.25, -0.2) is 0 Å². The highest BCUT2D eigenvalue weighted by Crippen LogP contribution is 2.12. The number of hydrogen-bond donors (Lipinski definition) is 0. The molecule has 0 spiro atoms. The Bertz CT molecular complexity index is 113. The molecule has 0 aliphatic heterocycles. The lowest BCUT2D eigenvalue weighted by Crippen LogP contribution is -1.92. The molecule has 1 unspecified atom stereocenters. The fourth-order valence-corrected chi connectivity index (χ4v) is 1.66. The van der Waals surface area contributed by atoms with Gasteiger partial charge in [-0.3, -0.25) is 0 Å². The second-order valence-electron chi connectivity index (χ2n) is 2.74. The fourth-order valence-electron chi connectivity index (χ4n) is 0.837. The minimum atomic E-state index is 0.400. The molecule has 0 aromatic carbocycles. The van der Waals surface area contributed by atoms with E-state index in [-0.39, 0.29) is 0 Å². The van der Waals surface area contributed by atoms with E-state index in [0.717, 1.165) is 0 Å². The van der Waals surface area contributed by atoms with Crippen molar-refractivity contribution in [2.45, 2.75) is 44.8 Å². The first-order chi connectivity index (χ1) is 5.31. The second-order valence-corrected chi connectivity index (χ2v) is 4.19. The van der Waals surface area contributed by atoms with E-state index in [2.05, 4.69) is 19.8 Å². The minimum absolute atomic E-state index is 0.400. The van der Waals surface area contributed by atoms with Crippen LogP contribution < -0.4 is 0 Å². The molecule has 0 aromatic rings. The van der Waals surface area contributed by atoms with Crippen LogP contribution in [0.15, 0.2) is 0 Å². The molecule has 0 aliphatic carbocycles. The van der Waals surface area contributed by atoms with Crippen LogP contribution >= 0.6 is 11.8 Å². The maximum atomic E-state index is 5.24. The van der Waals surface area contributed by atoms with Gasteiger partial charge in [-0.1, -0.05) is 32.1 Å². The van der Waals surface area contributed by atoms with Crippen molar-refractivity contribution in [3.05, 3.63) is 0 Å². The lowest BCUT2D eigenvalue weighted by molar-refractivity contribution is 0.706. The Balaban J connectivity index is 2.97. The van der Waals surface area contributed by atoms with Gasteiger partial charge in [0, 0.05) is 0 Å². The van der Waals surface area contributed by atoms with Crippen LogP contribution in [-0.4, -0.2) is 11.0 Å². The lowest BCUT2D eigenvalue weighted by Gasteiger charge is -2.02. The Labute approximate surface area is 75.1 Å². The predicted octanol–water partition coefficient (Wildman–Crippen LogP) is 3.32. The fraction of sp³-hybridized carbons (Fsp3) is 0.800. The summed E-state index contributed by atoms with van der Waals surface area (Å²) in [5.41, 5.74) is 0. The highest BCUT2D eigenvalue weighted by Gasteiger charge is 1.95. The Morgan fingerprint density at radius 1 is 1.36 bits per heavy atom. The number of rotatable bonds is 6. The first-order valence-electron chi connectivity index (χ1n) is 4.39. The molecular formula is C10H18S. The van der Waals surface area contributed by atoms with E-state index in [1.165, 1.54) is 31.4 Å². The maximum Gasteiger partial charge on any atom is 0.0626 e. The highest BCUT2D eigenvalue weighted by molar-refractivity contribution is 8.00. The Morgan fingerprint density at radius 3 is 2.64 bits per heavy atom. The molecule has 1 heteroatoms. The van der Waals surface area contributed by atoms with Gasteiger partial charge in [-0.05, 0) is 19.1 Å². The number of terminal acetylenes is 1. The standard InChI is InChI=1S/C10H18S/c1-4-6-7-8-9-11-10(3)5-2/h2,10H,4,6-9H2,1,3H3. The van der Waals surface area contributed by atoms with Gasteiger partial charge in [0.25, 0.3) is 0 Å². The third-order valence-electron chi connectivity index (χ3n) is 1.60. The lowest BCUT2D eigenvalue weighted by atomic mass is 10.2. The van der Waals surface area contributed by atoms with E-state index < -0.39 is 0 Å². The first-order valence-corrected chi connectivity index (χ1v) is 5.43. The summed E-state index contributed by atoms with van der Waals surface area (Å²) in [5, 5.41) is 0.400. The molecule has 0 nitrogen and oxygen atoms in total. The van der Waals surface area contributed by atoms with Gasteiger partial charge in [-0.2, -0.15) is 0 Å². The number of hydrogen-bond acceptors (Lipinski definition) is 1. The molecule has 0 aliphatic rings. The van der Waals surface area contributed by atoms with Gasteiger partial charge >= 0.3 is 0 Å². The van der Waals surface area contributed by atoms with E-state index in [4.69, 9.17) is 6.42 Å². The highest BCUT2D eigenvalue weighted by atomic mass is 32.2. The summed E-state index contributed by atoms with van der Waals surface area (Å²) in [4.78, 5) is 0. The smallest absolute Gasteiger partial charge is 0.0626 e. The molecule has 0 N–H and O–H groups in total. The zero-order valence-electron chi connectivity index (χ0n) is 7.60. The van der Waals surface area contributed by atoms with Crippen LogP contribution in [0.5, 0.6) is 0 Å². The van der Waals surface area contributed by atoms with Gasteiger partial charge in [-0.15, -0.1) is 18.2 Å². The normalized spacial score (nSPS) is 12.5. The Kier molecular flexibility index (Phi) is 7.95. The van der Waals surface area contributed by atoms with Crippen LogP contribution in [0.25, 0.3) is 0 Å². The van der Waals surface area contributed by atoms with Gasteiger partial charge in [0.15, 0.2) is 0 Å². The van der Waals surface area contributed by atoms with Crippen molar-refractivity contribution in [3.8, 4) is 12.3 Å². The van der Waals surface area contributed by atoms with Gasteiger partial charge in [0.2, 0.25) is 0 Å². The monoisotopic (exact) mass is 170 g/mol. The average Bonchev–Trinajstić information content (AvgIpc) is 2.04. The van der Waals surface area contributed by atoms with Gasteiger partial charge < -0.3 is 0 Å². The largest absolute Gasteiger partial charge is 0.146 e. The van der Waals surface area contributed by atoms with Gasteiger partial charge in [0.05, 0.1) is 5.25 Å². The summed E-state index contributed by atoms with van der Waals surface area (Å²) in [5.74, 6) is 3.95. The third kappa shape index (κ3) is 7.81. The van der Waals surface area contributed by atoms with Crippen LogP contribution in [0.1, 0.15) is 39.5 Å². The summed E-state index contributed by atoms with van der Waals surface area (Å²) < 4.78 is 0. The Morgan fingerprint density at radius 2 is 2.09 bits per heavy atom. The summed E-state index contributed by atoms with van der Waals surface area (Å²) in [6, 6.07) is 0. The molecule has 0 aromatic heterocycles. The van der Waals surface area contributed by atoms with Crippen molar-refractivity contribution in [1.82, 2.24) is 0 Å². The molecule has 0 saturated carbocycles. The quantitative estimate of drug-likeness (QED) is 0.435. The van der Waals surface area contributed by atoms with Crippen molar-refractivity contribution in [2.24, 2.45) is 0 Å². The van der Waals surface area contributed by atoms with Crippen molar-refractivity contribution < 1.29 is 0 Å². The maximum absolute atomic E-state index is 5.24. The zero-order valence-corrected chi connectivity index (χ0v) is 8.41. The van der Waals surface area contributed by atoms with Crippen molar-refractivity contribution in [2.75, 3.05) is 5.75 Å². The molecule has 0 radical (unpaired) electrons. The van der Waals surface area contributed by atoms with Gasteiger partial charge in [0.1, 0.15) is 0 Å². The molecule has 0 fully saturated rings. The van der Waals surface area contributed by atoms with Crippen LogP contribution in [0.3, 0.4) is 0 Å². The second kappa shape index (κ2) is 8.01. The topological polar surface area (TPSA) is 0 Å². The molecule has 1 atom stereocenters. The number of unbranched alkanes of at least 4 members (excludes halogenated alkanes) is 3. The van der Waals surface area contributed by atoms with E-state index >= 15 is 0 Å². The molecule has 0 saturated heterocycles. The third-order valence-corrected chi connectivity index (χ3v) is 2.76. The van der Waals surface area contributed by atoms with Crippen LogP contribution in [0.2, 0.25) is 0 Å². The SMILES string of the molecule is C#CC(C)SCCCCCC. The zero-order chi connectivity index (χ0) is 8.53. The molecule has 0 heterocycles. The van der Waals surface area contributed by atoms with Crippen LogP contribution in [-0.2, 0) is 0 Å². The van der Waals surface area contributed by atoms with Crippen molar-refractivity contribution in [3.63, 3.8) is 0 Å².